The fraction of sp³-hybridized carbons (Fsp3) is 0.696. The number of ether oxygens (including phenoxy) is 2. The van der Waals surface area contributed by atoms with Gasteiger partial charge in [0.1, 0.15) is 0 Å². The van der Waals surface area contributed by atoms with Gasteiger partial charge >= 0.3 is 0 Å². The van der Waals surface area contributed by atoms with Gasteiger partial charge in [0.2, 0.25) is 0 Å². The molecule has 1 aliphatic heterocycles. The number of likely N-dealkylation sites (tertiary alicyclic amines) is 1. The number of nitrogens with one attached hydrogen (secondary N) is 1. The van der Waals surface area contributed by atoms with Gasteiger partial charge in [-0.3, -0.25) is 4.99 Å². The summed E-state index contributed by atoms with van der Waals surface area (Å²) >= 11 is 0. The first kappa shape index (κ1) is 23.6. The van der Waals surface area contributed by atoms with Crippen LogP contribution in [-0.2, 0) is 15.9 Å². The van der Waals surface area contributed by atoms with E-state index in [9.17, 15) is 0 Å². The van der Waals surface area contributed by atoms with E-state index in [1.165, 1.54) is 5.56 Å². The Hall–Kier alpha value is -1.63. The molecule has 1 aliphatic rings. The molecule has 0 saturated carbocycles. The fourth-order valence-electron chi connectivity index (χ4n) is 3.60. The number of likely N-dealkylation sites (N-methyl/N-ethyl adjacent to an activating group) is 1. The molecule has 1 unspecified atom stereocenters. The van der Waals surface area contributed by atoms with Crippen molar-refractivity contribution in [3.63, 3.8) is 0 Å². The van der Waals surface area contributed by atoms with Crippen LogP contribution in [0.25, 0.3) is 0 Å². The van der Waals surface area contributed by atoms with Crippen LogP contribution in [0, 0.1) is 0 Å². The second-order valence-corrected chi connectivity index (χ2v) is 7.91. The van der Waals surface area contributed by atoms with E-state index in [4.69, 9.17) is 14.5 Å². The molecule has 164 valence electrons. The topological polar surface area (TPSA) is 49.3 Å². The van der Waals surface area contributed by atoms with Gasteiger partial charge in [0, 0.05) is 46.0 Å². The van der Waals surface area contributed by atoms with E-state index in [-0.39, 0.29) is 0 Å². The third kappa shape index (κ3) is 8.72. The predicted molar refractivity (Wildman–Crippen MR) is 121 cm³/mol. The molecule has 0 aliphatic carbocycles. The minimum absolute atomic E-state index is 0.360. The highest BCUT2D eigenvalue weighted by Crippen LogP contribution is 2.15. The molecule has 0 amide bonds. The Morgan fingerprint density at radius 2 is 1.93 bits per heavy atom. The van der Waals surface area contributed by atoms with Crippen molar-refractivity contribution in [2.45, 2.75) is 44.8 Å². The van der Waals surface area contributed by atoms with Crippen LogP contribution >= 0.6 is 0 Å². The van der Waals surface area contributed by atoms with Crippen molar-refractivity contribution in [2.75, 3.05) is 60.6 Å². The van der Waals surface area contributed by atoms with Gasteiger partial charge < -0.3 is 24.6 Å². The summed E-state index contributed by atoms with van der Waals surface area (Å²) in [4.78, 5) is 9.66. The molecule has 1 aromatic rings. The molecule has 1 saturated heterocycles. The lowest BCUT2D eigenvalue weighted by molar-refractivity contribution is 0.00989. The van der Waals surface area contributed by atoms with Crippen molar-refractivity contribution in [1.82, 2.24) is 15.1 Å². The monoisotopic (exact) mass is 404 g/mol. The van der Waals surface area contributed by atoms with Crippen molar-refractivity contribution in [2.24, 2.45) is 4.99 Å². The number of piperidine rings is 1. The van der Waals surface area contributed by atoms with Crippen LogP contribution in [0.4, 0.5) is 0 Å². The van der Waals surface area contributed by atoms with Gasteiger partial charge in [-0.1, -0.05) is 30.3 Å². The first-order chi connectivity index (χ1) is 14.1. The first-order valence-electron chi connectivity index (χ1n) is 11.0. The largest absolute Gasteiger partial charge is 0.385 e. The van der Waals surface area contributed by atoms with E-state index in [0.29, 0.717) is 12.1 Å². The van der Waals surface area contributed by atoms with E-state index >= 15 is 0 Å². The van der Waals surface area contributed by atoms with Crippen molar-refractivity contribution in [3.8, 4) is 0 Å². The maximum Gasteiger partial charge on any atom is 0.193 e. The van der Waals surface area contributed by atoms with Crippen molar-refractivity contribution < 1.29 is 9.47 Å². The molecule has 1 atom stereocenters. The lowest BCUT2D eigenvalue weighted by Gasteiger charge is -2.34. The van der Waals surface area contributed by atoms with E-state index < -0.39 is 0 Å². The highest BCUT2D eigenvalue weighted by molar-refractivity contribution is 5.80. The highest BCUT2D eigenvalue weighted by atomic mass is 16.5. The second-order valence-electron chi connectivity index (χ2n) is 7.91. The molecular weight excluding hydrogens is 364 g/mol. The number of hydrogen-bond donors (Lipinski definition) is 1. The van der Waals surface area contributed by atoms with Crippen LogP contribution in [0.15, 0.2) is 35.3 Å². The molecule has 0 aromatic heterocycles. The standard InChI is InChI=1S/C23H40N4O2/c1-5-24-23(27-14-12-22(13-15-27)29-17-9-16-28-4)25-19-21(26(2)3)18-20-10-7-6-8-11-20/h6-8,10-11,21-22H,5,9,12-19H2,1-4H3,(H,24,25). The maximum atomic E-state index is 6.00. The number of aliphatic imine (C=N–C) groups is 1. The summed E-state index contributed by atoms with van der Waals surface area (Å²) in [6.07, 6.45) is 4.44. The average Bonchev–Trinajstić information content (AvgIpc) is 2.74. The lowest BCUT2D eigenvalue weighted by atomic mass is 10.1. The van der Waals surface area contributed by atoms with Crippen molar-refractivity contribution in [3.05, 3.63) is 35.9 Å². The predicted octanol–water partition coefficient (Wildman–Crippen LogP) is 2.64. The Kier molecular flexibility index (Phi) is 11.1. The number of guanidine groups is 1. The smallest absolute Gasteiger partial charge is 0.193 e. The van der Waals surface area contributed by atoms with E-state index in [1.54, 1.807) is 7.11 Å². The molecular formula is C23H40N4O2. The Labute approximate surface area is 177 Å². The molecule has 0 bridgehead atoms. The fourth-order valence-corrected chi connectivity index (χ4v) is 3.60. The summed E-state index contributed by atoms with van der Waals surface area (Å²) in [5, 5.41) is 3.49. The highest BCUT2D eigenvalue weighted by Gasteiger charge is 2.22. The summed E-state index contributed by atoms with van der Waals surface area (Å²) in [6, 6.07) is 11.1. The van der Waals surface area contributed by atoms with Crippen LogP contribution in [0.3, 0.4) is 0 Å². The molecule has 1 fully saturated rings. The number of nitrogens with zero attached hydrogens (tertiary/aromatic N) is 3. The minimum atomic E-state index is 0.360. The van der Waals surface area contributed by atoms with Crippen LogP contribution < -0.4 is 5.32 Å². The number of benzene rings is 1. The zero-order valence-corrected chi connectivity index (χ0v) is 18.8. The van der Waals surface area contributed by atoms with Crippen LogP contribution in [0.1, 0.15) is 31.7 Å². The zero-order chi connectivity index (χ0) is 20.9. The normalized spacial score (nSPS) is 17.0. The SMILES string of the molecule is CCNC(=NCC(Cc1ccccc1)N(C)C)N1CCC(OCCCOC)CC1. The molecule has 1 N–H and O–H groups in total. The van der Waals surface area contributed by atoms with Gasteiger partial charge in [0.05, 0.1) is 12.6 Å². The number of hydrogen-bond acceptors (Lipinski definition) is 4. The first-order valence-corrected chi connectivity index (χ1v) is 11.0. The van der Waals surface area contributed by atoms with E-state index in [1.807, 2.05) is 0 Å². The quantitative estimate of drug-likeness (QED) is 0.349. The summed E-state index contributed by atoms with van der Waals surface area (Å²) < 4.78 is 11.1. The molecule has 6 heteroatoms. The molecule has 1 aromatic carbocycles. The van der Waals surface area contributed by atoms with Crippen LogP contribution in [0.2, 0.25) is 0 Å². The second kappa shape index (κ2) is 13.6. The summed E-state index contributed by atoms with van der Waals surface area (Å²) in [6.45, 7) is 7.35. The number of methoxy groups -OCH3 is 1. The third-order valence-electron chi connectivity index (χ3n) is 5.42. The van der Waals surface area contributed by atoms with Gasteiger partial charge in [0.15, 0.2) is 5.96 Å². The van der Waals surface area contributed by atoms with Crippen LogP contribution in [-0.4, -0.2) is 88.5 Å². The third-order valence-corrected chi connectivity index (χ3v) is 5.42. The number of rotatable bonds is 11. The molecule has 29 heavy (non-hydrogen) atoms. The van der Waals surface area contributed by atoms with E-state index in [2.05, 4.69) is 66.5 Å². The maximum absolute atomic E-state index is 6.00. The minimum Gasteiger partial charge on any atom is -0.385 e. The van der Waals surface area contributed by atoms with Gasteiger partial charge in [0.25, 0.3) is 0 Å². The Morgan fingerprint density at radius 1 is 1.21 bits per heavy atom. The van der Waals surface area contributed by atoms with E-state index in [0.717, 1.165) is 71.0 Å². The molecule has 6 nitrogen and oxygen atoms in total. The molecule has 2 rings (SSSR count). The van der Waals surface area contributed by atoms with Gasteiger partial charge in [-0.2, -0.15) is 0 Å². The van der Waals surface area contributed by atoms with Crippen LogP contribution in [0.5, 0.6) is 0 Å². The average molecular weight is 405 g/mol. The molecule has 1 heterocycles. The summed E-state index contributed by atoms with van der Waals surface area (Å²) in [7, 11) is 6.02. The van der Waals surface area contributed by atoms with Crippen molar-refractivity contribution >= 4 is 5.96 Å². The summed E-state index contributed by atoms with van der Waals surface area (Å²) in [5.41, 5.74) is 1.36. The van der Waals surface area contributed by atoms with Gasteiger partial charge in [-0.25, -0.2) is 0 Å². The summed E-state index contributed by atoms with van der Waals surface area (Å²) in [5.74, 6) is 1.03. The Balaban J connectivity index is 1.88. The Morgan fingerprint density at radius 3 is 2.55 bits per heavy atom. The van der Waals surface area contributed by atoms with Gasteiger partial charge in [-0.15, -0.1) is 0 Å². The Bertz CT molecular complexity index is 572. The molecule has 0 spiro atoms. The van der Waals surface area contributed by atoms with Crippen molar-refractivity contribution in [1.29, 1.82) is 0 Å². The molecule has 0 radical (unpaired) electrons. The van der Waals surface area contributed by atoms with Gasteiger partial charge in [-0.05, 0) is 52.3 Å². The lowest BCUT2D eigenvalue weighted by Crippen LogP contribution is -2.47. The zero-order valence-electron chi connectivity index (χ0n) is 18.8.